The Morgan fingerprint density at radius 3 is 2.35 bits per heavy atom. The number of carboxylic acid groups (broad SMARTS) is 1. The number of pyridine rings is 1. The van der Waals surface area contributed by atoms with Crippen molar-refractivity contribution in [2.24, 2.45) is 11.8 Å². The third-order valence-electron chi connectivity index (χ3n) is 8.74. The minimum atomic E-state index is -5.03. The molecule has 43 heavy (non-hydrogen) atoms. The lowest BCUT2D eigenvalue weighted by Crippen LogP contribution is -2.35. The summed E-state index contributed by atoms with van der Waals surface area (Å²) in [6, 6.07) is 4.12. The molecule has 3 aliphatic carbocycles. The molecule has 2 N–H and O–H groups in total. The highest BCUT2D eigenvalue weighted by Crippen LogP contribution is 2.61. The fourth-order valence-electron chi connectivity index (χ4n) is 6.36. The zero-order valence-corrected chi connectivity index (χ0v) is 22.9. The highest BCUT2D eigenvalue weighted by atomic mass is 19.4. The normalized spacial score (nSPS) is 26.0. The van der Waals surface area contributed by atoms with E-state index in [1.165, 1.54) is 6.20 Å². The van der Waals surface area contributed by atoms with E-state index < -0.39 is 76.3 Å². The van der Waals surface area contributed by atoms with Crippen LogP contribution in [0, 0.1) is 29.3 Å². The van der Waals surface area contributed by atoms with Gasteiger partial charge in [0.25, 0.3) is 0 Å². The van der Waals surface area contributed by atoms with Gasteiger partial charge in [-0.2, -0.15) is 13.2 Å². The molecule has 1 aromatic heterocycles. The number of aliphatic carboxylic acids is 1. The molecule has 2 saturated carbocycles. The van der Waals surface area contributed by atoms with Gasteiger partial charge in [-0.1, -0.05) is 0 Å². The zero-order valence-electron chi connectivity index (χ0n) is 22.9. The largest absolute Gasteiger partial charge is 0.484 e. The molecular formula is C31H27F6NO5. The number of aromatic nitrogens is 1. The Hall–Kier alpha value is -3.80. The van der Waals surface area contributed by atoms with Gasteiger partial charge in [-0.05, 0) is 91.5 Å². The van der Waals surface area contributed by atoms with Gasteiger partial charge >= 0.3 is 12.1 Å². The number of rotatable bonds is 7. The molecule has 3 aromatic rings. The minimum Gasteiger partial charge on any atom is -0.484 e. The first-order chi connectivity index (χ1) is 20.2. The topological polar surface area (TPSA) is 88.9 Å². The number of fused-ring (bicyclic) bond motifs is 3. The molecule has 2 fully saturated rings. The van der Waals surface area contributed by atoms with Crippen LogP contribution in [0.25, 0.3) is 11.1 Å². The fourth-order valence-corrected chi connectivity index (χ4v) is 6.36. The van der Waals surface area contributed by atoms with Crippen molar-refractivity contribution < 1.29 is 50.8 Å². The van der Waals surface area contributed by atoms with Crippen molar-refractivity contribution in [1.29, 1.82) is 0 Å². The molecule has 0 aliphatic heterocycles. The molecular weight excluding hydrogens is 580 g/mol. The van der Waals surface area contributed by atoms with Crippen molar-refractivity contribution in [2.45, 2.75) is 69.4 Å². The van der Waals surface area contributed by atoms with Crippen LogP contribution in [0.4, 0.5) is 26.3 Å². The summed E-state index contributed by atoms with van der Waals surface area (Å²) in [4.78, 5) is 15.5. The van der Waals surface area contributed by atoms with Gasteiger partial charge in [0.05, 0.1) is 23.2 Å². The Kier molecular flexibility index (Phi) is 7.10. The van der Waals surface area contributed by atoms with Crippen LogP contribution in [0.2, 0.25) is 0 Å². The Bertz CT molecular complexity index is 1570. The Morgan fingerprint density at radius 2 is 1.72 bits per heavy atom. The highest BCUT2D eigenvalue weighted by Gasteiger charge is 2.60. The van der Waals surface area contributed by atoms with Gasteiger partial charge in [0, 0.05) is 23.7 Å². The van der Waals surface area contributed by atoms with Crippen molar-refractivity contribution >= 4 is 5.97 Å². The molecule has 0 amide bonds. The van der Waals surface area contributed by atoms with E-state index in [1.807, 2.05) is 0 Å². The van der Waals surface area contributed by atoms with E-state index in [1.54, 1.807) is 13.0 Å². The molecule has 12 heteroatoms. The first-order valence-electron chi connectivity index (χ1n) is 13.8. The second-order valence-electron chi connectivity index (χ2n) is 11.8. The van der Waals surface area contributed by atoms with Gasteiger partial charge in [-0.3, -0.25) is 4.79 Å². The van der Waals surface area contributed by atoms with Crippen molar-refractivity contribution in [3.05, 3.63) is 76.2 Å². The Morgan fingerprint density at radius 1 is 1.05 bits per heavy atom. The van der Waals surface area contributed by atoms with Crippen LogP contribution in [-0.2, 0) is 24.0 Å². The van der Waals surface area contributed by atoms with E-state index in [-0.39, 0.29) is 29.3 Å². The molecule has 2 aromatic carbocycles. The maximum atomic E-state index is 15.1. The average Bonchev–Trinajstić information content (AvgIpc) is 3.52. The summed E-state index contributed by atoms with van der Waals surface area (Å²) in [7, 11) is 0. The van der Waals surface area contributed by atoms with Gasteiger partial charge in [0.2, 0.25) is 5.88 Å². The predicted molar refractivity (Wildman–Crippen MR) is 140 cm³/mol. The second-order valence-corrected chi connectivity index (χ2v) is 11.8. The summed E-state index contributed by atoms with van der Waals surface area (Å²) in [5.41, 5.74) is -2.08. The quantitative estimate of drug-likeness (QED) is 0.287. The number of aliphatic hydroxyl groups is 1. The standard InChI is InChI=1S/C31H27F6NO5/c1-30(41)4-2-17(3-5-30)43-28-23(33)8-15(9-24(28)34)18-7-16(22(32)11-21(18)31(35,36)37)13-42-25-10-14-6-19-26(20(14)12-38-25)27(19)29(39)40/h7-12,17,19,26-27,41H,2-6,13H2,1H3,(H,39,40)/t17-,19?,26?,27?,30+. The van der Waals surface area contributed by atoms with Crippen LogP contribution in [0.1, 0.15) is 60.8 Å². The molecule has 6 rings (SSSR count). The highest BCUT2D eigenvalue weighted by molar-refractivity contribution is 5.77. The third-order valence-corrected chi connectivity index (χ3v) is 8.74. The van der Waals surface area contributed by atoms with Gasteiger partial charge in [0.1, 0.15) is 12.4 Å². The molecule has 0 spiro atoms. The number of benzene rings is 2. The minimum absolute atomic E-state index is 0.0175. The Labute approximate surface area is 242 Å². The summed E-state index contributed by atoms with van der Waals surface area (Å²) in [6.45, 7) is 1.13. The molecule has 0 bridgehead atoms. The molecule has 1 heterocycles. The van der Waals surface area contributed by atoms with Crippen LogP contribution >= 0.6 is 0 Å². The number of carbonyl (C=O) groups is 1. The molecule has 0 radical (unpaired) electrons. The third kappa shape index (κ3) is 5.64. The number of alkyl halides is 3. The van der Waals surface area contributed by atoms with Gasteiger partial charge in [-0.25, -0.2) is 18.2 Å². The smallest absolute Gasteiger partial charge is 0.417 e. The first kappa shape index (κ1) is 29.3. The SMILES string of the molecule is C[C@]1(O)CC[C@@H](Oc2c(F)cc(-c3cc(COc4cc5c(cn4)C4C(C5)C4C(=O)O)c(F)cc3C(F)(F)F)cc2F)CC1. The van der Waals surface area contributed by atoms with E-state index in [2.05, 4.69) is 4.98 Å². The fraction of sp³-hybridized carbons (Fsp3) is 0.419. The van der Waals surface area contributed by atoms with Crippen LogP contribution in [0.3, 0.4) is 0 Å². The molecule has 0 saturated heterocycles. The maximum absolute atomic E-state index is 15.1. The van der Waals surface area contributed by atoms with E-state index in [0.717, 1.165) is 17.2 Å². The molecule has 228 valence electrons. The number of hydrogen-bond donors (Lipinski definition) is 2. The average molecular weight is 608 g/mol. The number of ether oxygens (including phenoxy) is 2. The predicted octanol–water partition coefficient (Wildman–Crippen LogP) is 6.81. The number of hydrogen-bond acceptors (Lipinski definition) is 5. The van der Waals surface area contributed by atoms with Gasteiger partial charge < -0.3 is 19.7 Å². The van der Waals surface area contributed by atoms with Crippen LogP contribution in [0.5, 0.6) is 11.6 Å². The molecule has 6 nitrogen and oxygen atoms in total. The molecule has 3 atom stereocenters. The van der Waals surface area contributed by atoms with E-state index in [4.69, 9.17) is 9.47 Å². The van der Waals surface area contributed by atoms with Crippen LogP contribution in [0.15, 0.2) is 36.5 Å². The van der Waals surface area contributed by atoms with Gasteiger partial charge in [-0.15, -0.1) is 0 Å². The summed E-state index contributed by atoms with van der Waals surface area (Å²) in [5.74, 6) is -5.74. The summed E-state index contributed by atoms with van der Waals surface area (Å²) in [6.07, 6.45) is -2.18. The monoisotopic (exact) mass is 607 g/mol. The van der Waals surface area contributed by atoms with Crippen LogP contribution < -0.4 is 9.47 Å². The number of nitrogens with zero attached hydrogens (tertiary/aromatic N) is 1. The second kappa shape index (κ2) is 10.4. The summed E-state index contributed by atoms with van der Waals surface area (Å²) in [5, 5.41) is 19.4. The molecule has 3 aliphatic rings. The zero-order chi connectivity index (χ0) is 30.8. The van der Waals surface area contributed by atoms with Gasteiger partial charge in [0.15, 0.2) is 17.4 Å². The van der Waals surface area contributed by atoms with Crippen molar-refractivity contribution in [3.63, 3.8) is 0 Å². The van der Waals surface area contributed by atoms with Crippen molar-refractivity contribution in [2.75, 3.05) is 0 Å². The lowest BCUT2D eigenvalue weighted by atomic mass is 9.85. The van der Waals surface area contributed by atoms with Crippen molar-refractivity contribution in [3.8, 4) is 22.8 Å². The lowest BCUT2D eigenvalue weighted by Gasteiger charge is -2.33. The van der Waals surface area contributed by atoms with E-state index in [9.17, 15) is 32.6 Å². The lowest BCUT2D eigenvalue weighted by molar-refractivity contribution is -0.139. The van der Waals surface area contributed by atoms with Crippen molar-refractivity contribution in [1.82, 2.24) is 4.98 Å². The summed E-state index contributed by atoms with van der Waals surface area (Å²) >= 11 is 0. The first-order valence-corrected chi connectivity index (χ1v) is 13.8. The summed E-state index contributed by atoms with van der Waals surface area (Å²) < 4.78 is 97.8. The molecule has 3 unspecified atom stereocenters. The maximum Gasteiger partial charge on any atom is 0.417 e. The van der Waals surface area contributed by atoms with Crippen LogP contribution in [-0.4, -0.2) is 32.9 Å². The number of halogens is 6. The number of carboxylic acids is 1. The Balaban J connectivity index is 1.24. The van der Waals surface area contributed by atoms with E-state index >= 15 is 8.78 Å². The van der Waals surface area contributed by atoms with E-state index in [0.29, 0.717) is 44.2 Å².